The summed E-state index contributed by atoms with van der Waals surface area (Å²) in [4.78, 5) is 13.6. The Bertz CT molecular complexity index is 617. The van der Waals surface area contributed by atoms with Crippen LogP contribution in [0.25, 0.3) is 0 Å². The highest BCUT2D eigenvalue weighted by atomic mass is 19.4. The van der Waals surface area contributed by atoms with E-state index in [4.69, 9.17) is 4.74 Å². The van der Waals surface area contributed by atoms with E-state index < -0.39 is 12.1 Å². The van der Waals surface area contributed by atoms with Crippen molar-refractivity contribution >= 4 is 17.3 Å². The molecule has 0 unspecified atom stereocenters. The molecule has 7 heteroatoms. The molecule has 150 valence electrons. The Hall–Kier alpha value is -1.92. The van der Waals surface area contributed by atoms with Crippen molar-refractivity contribution in [1.29, 1.82) is 0 Å². The standard InChI is InChI=1S/C20H27F3N2O2/c1-27-19(26)14-2-4-16(5-3-14)24-17-6-8-18(9-7-17)25-12-10-15(11-13-25)20(21,22)23/h6-9,14-16,24H,2-5,10-13H2,1H3. The molecule has 2 aliphatic rings. The van der Waals surface area contributed by atoms with Crippen molar-refractivity contribution < 1.29 is 22.7 Å². The molecule has 27 heavy (non-hydrogen) atoms. The average Bonchev–Trinajstić information content (AvgIpc) is 2.68. The number of piperidine rings is 1. The molecule has 1 aromatic rings. The van der Waals surface area contributed by atoms with Gasteiger partial charge in [-0.15, -0.1) is 0 Å². The number of hydrogen-bond donors (Lipinski definition) is 1. The quantitative estimate of drug-likeness (QED) is 0.770. The fourth-order valence-corrected chi connectivity index (χ4v) is 4.11. The van der Waals surface area contributed by atoms with E-state index in [-0.39, 0.29) is 24.7 Å². The second-order valence-electron chi connectivity index (χ2n) is 7.57. The van der Waals surface area contributed by atoms with Crippen molar-refractivity contribution in [2.24, 2.45) is 11.8 Å². The molecule has 1 aliphatic carbocycles. The maximum atomic E-state index is 12.8. The second kappa shape index (κ2) is 8.40. The first-order valence-electron chi connectivity index (χ1n) is 9.63. The maximum absolute atomic E-state index is 12.8. The van der Waals surface area contributed by atoms with Gasteiger partial charge in [-0.3, -0.25) is 4.79 Å². The van der Waals surface area contributed by atoms with Gasteiger partial charge in [0, 0.05) is 30.5 Å². The van der Waals surface area contributed by atoms with Crippen LogP contribution in [-0.4, -0.2) is 38.4 Å². The van der Waals surface area contributed by atoms with Gasteiger partial charge in [0.05, 0.1) is 18.9 Å². The van der Waals surface area contributed by atoms with Gasteiger partial charge in [0.2, 0.25) is 0 Å². The summed E-state index contributed by atoms with van der Waals surface area (Å²) in [5.41, 5.74) is 1.97. The molecule has 4 nitrogen and oxygen atoms in total. The molecule has 1 saturated heterocycles. The number of halogens is 3. The summed E-state index contributed by atoms with van der Waals surface area (Å²) in [6.45, 7) is 0.878. The van der Waals surface area contributed by atoms with E-state index in [1.165, 1.54) is 7.11 Å². The summed E-state index contributed by atoms with van der Waals surface area (Å²) >= 11 is 0. The smallest absolute Gasteiger partial charge is 0.391 e. The Morgan fingerprint density at radius 3 is 2.15 bits per heavy atom. The number of methoxy groups -OCH3 is 1. The third-order valence-corrected chi connectivity index (χ3v) is 5.82. The zero-order valence-corrected chi connectivity index (χ0v) is 15.6. The molecule has 1 aliphatic heterocycles. The molecular formula is C20H27F3N2O2. The Morgan fingerprint density at radius 1 is 1.04 bits per heavy atom. The second-order valence-corrected chi connectivity index (χ2v) is 7.57. The number of rotatable bonds is 4. The molecule has 3 rings (SSSR count). The minimum absolute atomic E-state index is 0.00931. The lowest BCUT2D eigenvalue weighted by atomic mass is 9.86. The first-order chi connectivity index (χ1) is 12.9. The Kier molecular flexibility index (Phi) is 6.17. The van der Waals surface area contributed by atoms with Gasteiger partial charge < -0.3 is 15.0 Å². The Balaban J connectivity index is 1.48. The summed E-state index contributed by atoms with van der Waals surface area (Å²) in [5.74, 6) is -1.28. The minimum Gasteiger partial charge on any atom is -0.469 e. The van der Waals surface area contributed by atoms with Gasteiger partial charge in [0.25, 0.3) is 0 Å². The van der Waals surface area contributed by atoms with E-state index in [0.717, 1.165) is 37.1 Å². The number of hydrogen-bond acceptors (Lipinski definition) is 4. The summed E-state index contributed by atoms with van der Waals surface area (Å²) in [6, 6.07) is 8.24. The molecule has 0 bridgehead atoms. The van der Waals surface area contributed by atoms with Gasteiger partial charge in [0.15, 0.2) is 0 Å². The molecule has 0 radical (unpaired) electrons. The van der Waals surface area contributed by atoms with Crippen LogP contribution in [0.3, 0.4) is 0 Å². The highest BCUT2D eigenvalue weighted by Crippen LogP contribution is 2.35. The SMILES string of the molecule is COC(=O)C1CCC(Nc2ccc(N3CCC(C(F)(F)F)CC3)cc2)CC1. The van der Waals surface area contributed by atoms with Crippen molar-refractivity contribution in [3.8, 4) is 0 Å². The molecule has 0 aromatic heterocycles. The van der Waals surface area contributed by atoms with E-state index in [2.05, 4.69) is 5.32 Å². The molecule has 1 aromatic carbocycles. The predicted octanol–water partition coefficient (Wildman–Crippen LogP) is 4.61. The molecule has 1 saturated carbocycles. The van der Waals surface area contributed by atoms with Crippen LogP contribution in [0.4, 0.5) is 24.5 Å². The molecule has 1 N–H and O–H groups in total. The molecule has 0 amide bonds. The van der Waals surface area contributed by atoms with Crippen LogP contribution in [0, 0.1) is 11.8 Å². The monoisotopic (exact) mass is 384 g/mol. The first kappa shape index (κ1) is 19.8. The highest BCUT2D eigenvalue weighted by molar-refractivity contribution is 5.72. The van der Waals surface area contributed by atoms with E-state index in [1.807, 2.05) is 29.2 Å². The van der Waals surface area contributed by atoms with Crippen LogP contribution >= 0.6 is 0 Å². The molecule has 2 fully saturated rings. The van der Waals surface area contributed by atoms with Crippen molar-refractivity contribution in [2.75, 3.05) is 30.4 Å². The number of benzene rings is 1. The van der Waals surface area contributed by atoms with Gasteiger partial charge in [-0.25, -0.2) is 0 Å². The van der Waals surface area contributed by atoms with Crippen molar-refractivity contribution in [1.82, 2.24) is 0 Å². The summed E-state index contributed by atoms with van der Waals surface area (Å²) < 4.78 is 43.2. The number of carbonyl (C=O) groups excluding carboxylic acids is 1. The van der Waals surface area contributed by atoms with Crippen LogP contribution in [0.1, 0.15) is 38.5 Å². The van der Waals surface area contributed by atoms with E-state index in [0.29, 0.717) is 19.1 Å². The van der Waals surface area contributed by atoms with Crippen molar-refractivity contribution in [3.05, 3.63) is 24.3 Å². The van der Waals surface area contributed by atoms with Crippen LogP contribution in [0.5, 0.6) is 0 Å². The molecule has 0 atom stereocenters. The van der Waals surface area contributed by atoms with Gasteiger partial charge in [-0.2, -0.15) is 13.2 Å². The fraction of sp³-hybridized carbons (Fsp3) is 0.650. The lowest BCUT2D eigenvalue weighted by Crippen LogP contribution is -2.39. The molecule has 0 spiro atoms. The third kappa shape index (κ3) is 5.08. The summed E-state index contributed by atoms with van der Waals surface area (Å²) in [5, 5.41) is 3.50. The van der Waals surface area contributed by atoms with Crippen molar-refractivity contribution in [3.63, 3.8) is 0 Å². The van der Waals surface area contributed by atoms with Crippen LogP contribution in [0.15, 0.2) is 24.3 Å². The third-order valence-electron chi connectivity index (χ3n) is 5.82. The van der Waals surface area contributed by atoms with Gasteiger partial charge in [0.1, 0.15) is 0 Å². The zero-order chi connectivity index (χ0) is 19.4. The minimum atomic E-state index is -4.08. The van der Waals surface area contributed by atoms with Crippen LogP contribution in [0.2, 0.25) is 0 Å². The largest absolute Gasteiger partial charge is 0.469 e. The Labute approximate surface area is 158 Å². The van der Waals surface area contributed by atoms with E-state index >= 15 is 0 Å². The summed E-state index contributed by atoms with van der Waals surface area (Å²) in [7, 11) is 1.43. The number of anilines is 2. The van der Waals surface area contributed by atoms with Crippen LogP contribution < -0.4 is 10.2 Å². The number of nitrogens with zero attached hydrogens (tertiary/aromatic N) is 1. The lowest BCUT2D eigenvalue weighted by molar-refractivity contribution is -0.179. The average molecular weight is 384 g/mol. The van der Waals surface area contributed by atoms with Gasteiger partial charge in [-0.05, 0) is 62.8 Å². The Morgan fingerprint density at radius 2 is 1.63 bits per heavy atom. The first-order valence-corrected chi connectivity index (χ1v) is 9.63. The van der Waals surface area contributed by atoms with E-state index in [1.54, 1.807) is 0 Å². The van der Waals surface area contributed by atoms with E-state index in [9.17, 15) is 18.0 Å². The maximum Gasteiger partial charge on any atom is 0.391 e. The fourth-order valence-electron chi connectivity index (χ4n) is 4.11. The lowest BCUT2D eigenvalue weighted by Gasteiger charge is -2.34. The number of alkyl halides is 3. The molecular weight excluding hydrogens is 357 g/mol. The summed E-state index contributed by atoms with van der Waals surface area (Å²) in [6.07, 6.45) is -0.251. The van der Waals surface area contributed by atoms with Gasteiger partial charge >= 0.3 is 12.1 Å². The number of nitrogens with one attached hydrogen (secondary N) is 1. The molecule has 1 heterocycles. The van der Waals surface area contributed by atoms with Crippen molar-refractivity contribution in [2.45, 2.75) is 50.7 Å². The van der Waals surface area contributed by atoms with Gasteiger partial charge in [-0.1, -0.05) is 0 Å². The van der Waals surface area contributed by atoms with Crippen LogP contribution in [-0.2, 0) is 9.53 Å². The number of esters is 1. The predicted molar refractivity (Wildman–Crippen MR) is 98.8 cm³/mol. The zero-order valence-electron chi connectivity index (χ0n) is 15.6. The number of carbonyl (C=O) groups is 1. The highest BCUT2D eigenvalue weighted by Gasteiger charge is 2.41. The normalized spacial score (nSPS) is 24.5. The topological polar surface area (TPSA) is 41.6 Å². The number of ether oxygens (including phenoxy) is 1.